The van der Waals surface area contributed by atoms with Crippen LogP contribution >= 0.6 is 0 Å². The van der Waals surface area contributed by atoms with Crippen molar-refractivity contribution in [3.05, 3.63) is 71.1 Å². The molecule has 0 aliphatic heterocycles. The first kappa shape index (κ1) is 21.1. The summed E-state index contributed by atoms with van der Waals surface area (Å²) in [6.07, 6.45) is 6.11. The number of aryl methyl sites for hydroxylation is 1. The Hall–Kier alpha value is -2.66. The highest BCUT2D eigenvalue weighted by atomic mass is 16.5. The molecule has 2 aromatic rings. The Balaban J connectivity index is 1.77. The van der Waals surface area contributed by atoms with E-state index in [1.165, 1.54) is 5.56 Å². The molecule has 0 saturated heterocycles. The number of nitrogens with one attached hydrogen (secondary N) is 1. The van der Waals surface area contributed by atoms with Gasteiger partial charge in [-0.2, -0.15) is 0 Å². The number of rotatable bonds is 7. The molecule has 3 rings (SSSR count). The van der Waals surface area contributed by atoms with Crippen LogP contribution in [-0.2, 0) is 17.8 Å². The maximum absolute atomic E-state index is 12.8. The van der Waals surface area contributed by atoms with Crippen molar-refractivity contribution in [2.45, 2.75) is 46.3 Å². The van der Waals surface area contributed by atoms with Crippen molar-refractivity contribution in [2.75, 3.05) is 6.61 Å². The fourth-order valence-corrected chi connectivity index (χ4v) is 4.25. The van der Waals surface area contributed by atoms with Gasteiger partial charge in [0.2, 0.25) is 5.91 Å². The van der Waals surface area contributed by atoms with E-state index in [0.717, 1.165) is 40.8 Å². The standard InChI is InChI=1S/C24H30N2O3/c1-5-11-29-21-12-15(2)19-8-9-20(23(27)22(19)17(21)4)16(3)24(28)26-14-18-7-6-10-25-13-18/h5-7,10,12-13,16,20,23,27H,1,8-9,11,14H2,2-4H3,(H,26,28)/t16-,20+,23+/m0/s1. The summed E-state index contributed by atoms with van der Waals surface area (Å²) in [4.78, 5) is 16.8. The number of fused-ring (bicyclic) bond motifs is 1. The van der Waals surface area contributed by atoms with E-state index < -0.39 is 6.10 Å². The van der Waals surface area contributed by atoms with Gasteiger partial charge in [-0.3, -0.25) is 9.78 Å². The Morgan fingerprint density at radius 2 is 2.28 bits per heavy atom. The topological polar surface area (TPSA) is 71.5 Å². The maximum Gasteiger partial charge on any atom is 0.223 e. The number of hydrogen-bond acceptors (Lipinski definition) is 4. The van der Waals surface area contributed by atoms with Gasteiger partial charge in [0.15, 0.2) is 0 Å². The van der Waals surface area contributed by atoms with Crippen LogP contribution in [-0.4, -0.2) is 22.6 Å². The molecular formula is C24H30N2O3. The van der Waals surface area contributed by atoms with Gasteiger partial charge in [0, 0.05) is 30.8 Å². The molecule has 29 heavy (non-hydrogen) atoms. The average Bonchev–Trinajstić information content (AvgIpc) is 2.73. The summed E-state index contributed by atoms with van der Waals surface area (Å²) in [5, 5.41) is 14.2. The van der Waals surface area contributed by atoms with Crippen molar-refractivity contribution in [3.63, 3.8) is 0 Å². The van der Waals surface area contributed by atoms with Gasteiger partial charge in [-0.15, -0.1) is 0 Å². The zero-order chi connectivity index (χ0) is 21.0. The predicted molar refractivity (Wildman–Crippen MR) is 114 cm³/mol. The Morgan fingerprint density at radius 3 is 2.97 bits per heavy atom. The average molecular weight is 395 g/mol. The van der Waals surface area contributed by atoms with Gasteiger partial charge in [0.1, 0.15) is 12.4 Å². The third kappa shape index (κ3) is 4.51. The third-order valence-corrected chi connectivity index (χ3v) is 5.95. The van der Waals surface area contributed by atoms with E-state index in [2.05, 4.69) is 23.8 Å². The SMILES string of the molecule is C=CCOc1cc(C)c2c(c1C)[C@H](O)[C@@H]([C@H](C)C(=O)NCc1cccnc1)CC2. The Kier molecular flexibility index (Phi) is 6.70. The third-order valence-electron chi connectivity index (χ3n) is 5.95. The first-order chi connectivity index (χ1) is 13.9. The molecule has 154 valence electrons. The molecule has 1 heterocycles. The molecule has 0 spiro atoms. The van der Waals surface area contributed by atoms with Gasteiger partial charge in [0.05, 0.1) is 6.10 Å². The van der Waals surface area contributed by atoms with Crippen LogP contribution < -0.4 is 10.1 Å². The smallest absolute Gasteiger partial charge is 0.223 e. The number of pyridine rings is 1. The Bertz CT molecular complexity index is 879. The van der Waals surface area contributed by atoms with E-state index in [-0.39, 0.29) is 17.7 Å². The number of carbonyl (C=O) groups is 1. The van der Waals surface area contributed by atoms with Crippen molar-refractivity contribution in [3.8, 4) is 5.75 Å². The zero-order valence-electron chi connectivity index (χ0n) is 17.4. The quantitative estimate of drug-likeness (QED) is 0.701. The second kappa shape index (κ2) is 9.23. The Labute approximate surface area is 172 Å². The number of carbonyl (C=O) groups excluding carboxylic acids is 1. The van der Waals surface area contributed by atoms with E-state index in [9.17, 15) is 9.90 Å². The van der Waals surface area contributed by atoms with Crippen LogP contribution in [0.1, 0.15) is 47.3 Å². The molecule has 1 aliphatic carbocycles. The number of amides is 1. The molecule has 5 nitrogen and oxygen atoms in total. The van der Waals surface area contributed by atoms with Crippen LogP contribution in [0.3, 0.4) is 0 Å². The first-order valence-electron chi connectivity index (χ1n) is 10.1. The van der Waals surface area contributed by atoms with Crippen molar-refractivity contribution < 1.29 is 14.6 Å². The minimum Gasteiger partial charge on any atom is -0.489 e. The van der Waals surface area contributed by atoms with Crippen LogP contribution in [0.25, 0.3) is 0 Å². The number of benzene rings is 1. The molecule has 1 aliphatic rings. The summed E-state index contributed by atoms with van der Waals surface area (Å²) in [6, 6.07) is 5.82. The molecule has 1 aromatic carbocycles. The first-order valence-corrected chi connectivity index (χ1v) is 10.1. The minimum atomic E-state index is -0.691. The Morgan fingerprint density at radius 1 is 1.48 bits per heavy atom. The number of nitrogens with zero attached hydrogens (tertiary/aromatic N) is 1. The lowest BCUT2D eigenvalue weighted by Gasteiger charge is -2.36. The van der Waals surface area contributed by atoms with Crippen LogP contribution in [0.5, 0.6) is 5.75 Å². The van der Waals surface area contributed by atoms with Crippen molar-refractivity contribution in [1.82, 2.24) is 10.3 Å². The van der Waals surface area contributed by atoms with Crippen LogP contribution in [0.2, 0.25) is 0 Å². The molecule has 0 saturated carbocycles. The van der Waals surface area contributed by atoms with E-state index in [0.29, 0.717) is 13.2 Å². The fraction of sp³-hybridized carbons (Fsp3) is 0.417. The van der Waals surface area contributed by atoms with Crippen LogP contribution in [0.15, 0.2) is 43.2 Å². The van der Waals surface area contributed by atoms with Crippen molar-refractivity contribution >= 4 is 5.91 Å². The van der Waals surface area contributed by atoms with Gasteiger partial charge in [-0.05, 0) is 66.6 Å². The van der Waals surface area contributed by atoms with Gasteiger partial charge < -0.3 is 15.2 Å². The largest absolute Gasteiger partial charge is 0.489 e. The summed E-state index contributed by atoms with van der Waals surface area (Å²) >= 11 is 0. The zero-order valence-corrected chi connectivity index (χ0v) is 17.4. The van der Waals surface area contributed by atoms with E-state index in [1.807, 2.05) is 32.0 Å². The minimum absolute atomic E-state index is 0.0465. The molecular weight excluding hydrogens is 364 g/mol. The summed E-state index contributed by atoms with van der Waals surface area (Å²) in [5.41, 5.74) is 5.13. The number of aromatic nitrogens is 1. The number of aliphatic hydroxyl groups is 1. The molecule has 2 N–H and O–H groups in total. The van der Waals surface area contributed by atoms with Crippen LogP contribution in [0.4, 0.5) is 0 Å². The summed E-state index contributed by atoms with van der Waals surface area (Å²) in [6.45, 7) is 10.5. The van der Waals surface area contributed by atoms with Crippen LogP contribution in [0, 0.1) is 25.7 Å². The molecule has 0 bridgehead atoms. The number of ether oxygens (including phenoxy) is 1. The van der Waals surface area contributed by atoms with Crippen molar-refractivity contribution in [2.24, 2.45) is 11.8 Å². The van der Waals surface area contributed by atoms with Gasteiger partial charge in [-0.1, -0.05) is 25.6 Å². The molecule has 0 fully saturated rings. The van der Waals surface area contributed by atoms with Gasteiger partial charge in [0.25, 0.3) is 0 Å². The fourth-order valence-electron chi connectivity index (χ4n) is 4.25. The van der Waals surface area contributed by atoms with E-state index in [1.54, 1.807) is 18.5 Å². The number of aliphatic hydroxyl groups excluding tert-OH is 1. The summed E-state index contributed by atoms with van der Waals surface area (Å²) in [7, 11) is 0. The normalized spacial score (nSPS) is 19.2. The van der Waals surface area contributed by atoms with Gasteiger partial charge >= 0.3 is 0 Å². The highest BCUT2D eigenvalue weighted by molar-refractivity contribution is 5.78. The second-order valence-electron chi connectivity index (χ2n) is 7.82. The molecule has 0 radical (unpaired) electrons. The maximum atomic E-state index is 12.8. The number of hydrogen-bond donors (Lipinski definition) is 2. The summed E-state index contributed by atoms with van der Waals surface area (Å²) in [5.74, 6) is 0.292. The molecule has 3 atom stereocenters. The molecule has 5 heteroatoms. The van der Waals surface area contributed by atoms with E-state index in [4.69, 9.17) is 4.74 Å². The second-order valence-corrected chi connectivity index (χ2v) is 7.82. The summed E-state index contributed by atoms with van der Waals surface area (Å²) < 4.78 is 5.80. The molecule has 0 unspecified atom stereocenters. The molecule has 1 amide bonds. The lowest BCUT2D eigenvalue weighted by molar-refractivity contribution is -0.128. The lowest BCUT2D eigenvalue weighted by atomic mass is 9.72. The highest BCUT2D eigenvalue weighted by Crippen LogP contribution is 2.43. The molecule has 1 aromatic heterocycles. The monoisotopic (exact) mass is 394 g/mol. The predicted octanol–water partition coefficient (Wildman–Crippen LogP) is 3.81. The van der Waals surface area contributed by atoms with Crippen molar-refractivity contribution in [1.29, 1.82) is 0 Å². The highest BCUT2D eigenvalue weighted by Gasteiger charge is 2.37. The van der Waals surface area contributed by atoms with Gasteiger partial charge in [-0.25, -0.2) is 0 Å². The van der Waals surface area contributed by atoms with E-state index >= 15 is 0 Å². The lowest BCUT2D eigenvalue weighted by Crippen LogP contribution is -2.37.